The van der Waals surface area contributed by atoms with Crippen LogP contribution in [-0.4, -0.2) is 38.5 Å². The van der Waals surface area contributed by atoms with E-state index in [-0.39, 0.29) is 5.56 Å². The third-order valence-corrected chi connectivity index (χ3v) is 4.71. The molecule has 1 unspecified atom stereocenters. The second kappa shape index (κ2) is 11.5. The first kappa shape index (κ1) is 24.2. The molecule has 0 saturated heterocycles. The summed E-state index contributed by atoms with van der Waals surface area (Å²) in [5.74, 6) is -1.64. The molecule has 0 fully saturated rings. The molecule has 2 N–H and O–H groups in total. The summed E-state index contributed by atoms with van der Waals surface area (Å²) in [7, 11) is 2.91. The highest BCUT2D eigenvalue weighted by atomic mass is 19.1. The summed E-state index contributed by atoms with van der Waals surface area (Å²) in [6.45, 7) is -0.481. The van der Waals surface area contributed by atoms with Gasteiger partial charge in [-0.3, -0.25) is 14.4 Å². The van der Waals surface area contributed by atoms with E-state index in [9.17, 15) is 18.8 Å². The van der Waals surface area contributed by atoms with E-state index in [0.717, 1.165) is 0 Å². The molecule has 1 atom stereocenters. The third kappa shape index (κ3) is 6.55. The number of amides is 2. The average molecular weight is 466 g/mol. The lowest BCUT2D eigenvalue weighted by atomic mass is 10.1. The lowest BCUT2D eigenvalue weighted by Crippen LogP contribution is -2.33. The summed E-state index contributed by atoms with van der Waals surface area (Å²) in [6.07, 6.45) is -1.28. The van der Waals surface area contributed by atoms with Crippen LogP contribution in [0.25, 0.3) is 0 Å². The molecule has 0 saturated carbocycles. The Morgan fingerprint density at radius 1 is 0.882 bits per heavy atom. The number of ether oxygens (including phenoxy) is 3. The van der Waals surface area contributed by atoms with Crippen molar-refractivity contribution in [2.24, 2.45) is 0 Å². The first-order valence-electron chi connectivity index (χ1n) is 10.2. The van der Waals surface area contributed by atoms with Gasteiger partial charge in [-0.25, -0.2) is 4.39 Å². The van der Waals surface area contributed by atoms with Crippen molar-refractivity contribution in [3.05, 3.63) is 89.7 Å². The van der Waals surface area contributed by atoms with E-state index in [1.807, 2.05) is 0 Å². The van der Waals surface area contributed by atoms with E-state index < -0.39 is 36.2 Å². The van der Waals surface area contributed by atoms with Gasteiger partial charge in [0.1, 0.15) is 23.9 Å². The molecule has 8 nitrogen and oxygen atoms in total. The van der Waals surface area contributed by atoms with Crippen molar-refractivity contribution in [3.63, 3.8) is 0 Å². The van der Waals surface area contributed by atoms with Crippen LogP contribution in [0, 0.1) is 5.82 Å². The quantitative estimate of drug-likeness (QED) is 0.468. The number of hydrogen-bond acceptors (Lipinski definition) is 6. The van der Waals surface area contributed by atoms with Crippen molar-refractivity contribution in [1.82, 2.24) is 5.32 Å². The Kier molecular flexibility index (Phi) is 8.17. The van der Waals surface area contributed by atoms with Gasteiger partial charge in [0.15, 0.2) is 0 Å². The molecular weight excluding hydrogens is 443 g/mol. The van der Waals surface area contributed by atoms with E-state index in [1.165, 1.54) is 50.6 Å². The van der Waals surface area contributed by atoms with Crippen LogP contribution in [-0.2, 0) is 14.3 Å². The Hall–Kier alpha value is -4.40. The highest BCUT2D eigenvalue weighted by Gasteiger charge is 2.25. The molecule has 0 heterocycles. The first-order chi connectivity index (χ1) is 16.4. The van der Waals surface area contributed by atoms with Crippen LogP contribution in [0.2, 0.25) is 0 Å². The fourth-order valence-electron chi connectivity index (χ4n) is 3.01. The molecular formula is C25H23FN2O6. The van der Waals surface area contributed by atoms with Gasteiger partial charge in [-0.1, -0.05) is 30.3 Å². The van der Waals surface area contributed by atoms with E-state index >= 15 is 0 Å². The van der Waals surface area contributed by atoms with Gasteiger partial charge in [0.25, 0.3) is 11.8 Å². The molecule has 176 valence electrons. The summed E-state index contributed by atoms with van der Waals surface area (Å²) < 4.78 is 28.8. The predicted octanol–water partition coefficient (Wildman–Crippen LogP) is 3.50. The number of carbonyl (C=O) groups is 3. The second-order valence-electron chi connectivity index (χ2n) is 7.06. The fourth-order valence-corrected chi connectivity index (χ4v) is 3.01. The number of esters is 1. The number of halogens is 1. The standard InChI is InChI=1S/C25H23FN2O6/c1-32-20-12-17(13-21(14-20)33-2)24(30)27-15-22(29)34-23(16-6-4-3-5-7-16)25(31)28-19-10-8-18(26)9-11-19/h3-14,23H,15H2,1-2H3,(H,27,30)(H,28,31). The van der Waals surface area contributed by atoms with Gasteiger partial charge in [0, 0.05) is 22.9 Å². The maximum Gasteiger partial charge on any atom is 0.326 e. The van der Waals surface area contributed by atoms with Crippen molar-refractivity contribution < 1.29 is 33.0 Å². The van der Waals surface area contributed by atoms with Crippen molar-refractivity contribution in [1.29, 1.82) is 0 Å². The molecule has 2 amide bonds. The van der Waals surface area contributed by atoms with Gasteiger partial charge < -0.3 is 24.8 Å². The molecule has 3 aromatic carbocycles. The van der Waals surface area contributed by atoms with E-state index in [0.29, 0.717) is 22.7 Å². The Bertz CT molecular complexity index is 1130. The number of anilines is 1. The van der Waals surface area contributed by atoms with Crippen LogP contribution in [0.4, 0.5) is 10.1 Å². The molecule has 9 heteroatoms. The molecule has 34 heavy (non-hydrogen) atoms. The van der Waals surface area contributed by atoms with Crippen LogP contribution < -0.4 is 20.1 Å². The minimum Gasteiger partial charge on any atom is -0.497 e. The molecule has 0 bridgehead atoms. The minimum absolute atomic E-state index is 0.220. The smallest absolute Gasteiger partial charge is 0.326 e. The normalized spacial score (nSPS) is 11.1. The van der Waals surface area contributed by atoms with Crippen LogP contribution >= 0.6 is 0 Å². The lowest BCUT2D eigenvalue weighted by Gasteiger charge is -2.18. The van der Waals surface area contributed by atoms with Gasteiger partial charge in [-0.2, -0.15) is 0 Å². The highest BCUT2D eigenvalue weighted by Crippen LogP contribution is 2.23. The Morgan fingerprint density at radius 3 is 2.09 bits per heavy atom. The number of hydrogen-bond donors (Lipinski definition) is 2. The largest absolute Gasteiger partial charge is 0.497 e. The molecule has 0 aromatic heterocycles. The number of benzene rings is 3. The van der Waals surface area contributed by atoms with Gasteiger partial charge in [-0.15, -0.1) is 0 Å². The summed E-state index contributed by atoms with van der Waals surface area (Å²) in [4.78, 5) is 37.8. The van der Waals surface area contributed by atoms with Crippen molar-refractivity contribution >= 4 is 23.5 Å². The van der Waals surface area contributed by atoms with Crippen molar-refractivity contribution in [2.45, 2.75) is 6.10 Å². The van der Waals surface area contributed by atoms with Crippen molar-refractivity contribution in [2.75, 3.05) is 26.1 Å². The van der Waals surface area contributed by atoms with E-state index in [2.05, 4.69) is 10.6 Å². The number of methoxy groups -OCH3 is 2. The van der Waals surface area contributed by atoms with Crippen molar-refractivity contribution in [3.8, 4) is 11.5 Å². The molecule has 0 radical (unpaired) electrons. The maximum atomic E-state index is 13.1. The topological polar surface area (TPSA) is 103 Å². The third-order valence-electron chi connectivity index (χ3n) is 4.71. The number of nitrogens with one attached hydrogen (secondary N) is 2. The Balaban J connectivity index is 1.68. The summed E-state index contributed by atoms with van der Waals surface area (Å²) >= 11 is 0. The molecule has 0 aliphatic heterocycles. The van der Waals surface area contributed by atoms with Crippen LogP contribution in [0.15, 0.2) is 72.8 Å². The number of carbonyl (C=O) groups excluding carboxylic acids is 3. The fraction of sp³-hybridized carbons (Fsp3) is 0.160. The van der Waals surface area contributed by atoms with E-state index in [4.69, 9.17) is 14.2 Å². The zero-order valence-electron chi connectivity index (χ0n) is 18.5. The van der Waals surface area contributed by atoms with Gasteiger partial charge in [0.2, 0.25) is 6.10 Å². The summed E-state index contributed by atoms with van der Waals surface area (Å²) in [6, 6.07) is 18.2. The molecule has 0 spiro atoms. The monoisotopic (exact) mass is 466 g/mol. The molecule has 0 aliphatic rings. The lowest BCUT2D eigenvalue weighted by molar-refractivity contribution is -0.153. The summed E-state index contributed by atoms with van der Waals surface area (Å²) in [5, 5.41) is 5.05. The predicted molar refractivity (Wildman–Crippen MR) is 122 cm³/mol. The van der Waals surface area contributed by atoms with Gasteiger partial charge >= 0.3 is 5.97 Å². The highest BCUT2D eigenvalue weighted by molar-refractivity contribution is 5.98. The SMILES string of the molecule is COc1cc(OC)cc(C(=O)NCC(=O)OC(C(=O)Nc2ccc(F)cc2)c2ccccc2)c1. The van der Waals surface area contributed by atoms with Gasteiger partial charge in [-0.05, 0) is 36.4 Å². The number of rotatable bonds is 9. The molecule has 0 aliphatic carbocycles. The second-order valence-corrected chi connectivity index (χ2v) is 7.06. The molecule has 3 rings (SSSR count). The minimum atomic E-state index is -1.28. The zero-order chi connectivity index (χ0) is 24.5. The molecule has 3 aromatic rings. The first-order valence-corrected chi connectivity index (χ1v) is 10.2. The summed E-state index contributed by atoms with van der Waals surface area (Å²) in [5.41, 5.74) is 0.987. The maximum absolute atomic E-state index is 13.1. The van der Waals surface area contributed by atoms with E-state index in [1.54, 1.807) is 36.4 Å². The van der Waals surface area contributed by atoms with Crippen LogP contribution in [0.1, 0.15) is 22.0 Å². The Labute approximate surface area is 195 Å². The van der Waals surface area contributed by atoms with Gasteiger partial charge in [0.05, 0.1) is 14.2 Å². The van der Waals surface area contributed by atoms with Crippen LogP contribution in [0.3, 0.4) is 0 Å². The average Bonchev–Trinajstić information content (AvgIpc) is 2.87. The Morgan fingerprint density at radius 2 is 1.50 bits per heavy atom. The zero-order valence-corrected chi connectivity index (χ0v) is 18.5. The van der Waals surface area contributed by atoms with Crippen LogP contribution in [0.5, 0.6) is 11.5 Å².